The van der Waals surface area contributed by atoms with Crippen molar-refractivity contribution in [2.24, 2.45) is 11.7 Å². The average molecular weight is 437 g/mol. The number of carbonyl (C=O) groups excluding carboxylic acids is 3. The number of nitrogens with zero attached hydrogens (tertiary/aromatic N) is 1. The zero-order valence-electron chi connectivity index (χ0n) is 18.0. The maximum atomic E-state index is 13.0. The van der Waals surface area contributed by atoms with Gasteiger partial charge < -0.3 is 20.5 Å². The third-order valence-corrected chi connectivity index (χ3v) is 6.09. The molecule has 2 aromatic rings. The van der Waals surface area contributed by atoms with E-state index in [1.54, 1.807) is 42.5 Å². The summed E-state index contributed by atoms with van der Waals surface area (Å²) in [6, 6.07) is 11.5. The van der Waals surface area contributed by atoms with Crippen LogP contribution >= 0.6 is 0 Å². The monoisotopic (exact) mass is 437 g/mol. The van der Waals surface area contributed by atoms with Gasteiger partial charge in [0.2, 0.25) is 11.8 Å². The number of ketones is 1. The largest absolute Gasteiger partial charge is 0.486 e. The zero-order chi connectivity index (χ0) is 22.7. The van der Waals surface area contributed by atoms with Crippen LogP contribution in [0.15, 0.2) is 42.5 Å². The highest BCUT2D eigenvalue weighted by atomic mass is 16.6. The fourth-order valence-electron chi connectivity index (χ4n) is 4.11. The van der Waals surface area contributed by atoms with Crippen LogP contribution < -0.4 is 20.5 Å². The van der Waals surface area contributed by atoms with Crippen LogP contribution in [-0.4, -0.2) is 54.8 Å². The van der Waals surface area contributed by atoms with Gasteiger partial charge in [0.1, 0.15) is 13.2 Å². The molecule has 4 rings (SSSR count). The number of benzene rings is 2. The number of carbonyl (C=O) groups is 3. The number of likely N-dealkylation sites (tertiary alicyclic amines) is 1. The van der Waals surface area contributed by atoms with Crippen molar-refractivity contribution in [3.05, 3.63) is 53.6 Å². The van der Waals surface area contributed by atoms with Crippen LogP contribution in [0.4, 0.5) is 5.69 Å². The molecule has 2 aliphatic rings. The Labute approximate surface area is 186 Å². The van der Waals surface area contributed by atoms with Gasteiger partial charge in [-0.25, -0.2) is 0 Å². The molecule has 1 saturated heterocycles. The number of rotatable bonds is 6. The van der Waals surface area contributed by atoms with Crippen molar-refractivity contribution in [1.82, 2.24) is 4.90 Å². The summed E-state index contributed by atoms with van der Waals surface area (Å²) in [5.41, 5.74) is 6.88. The van der Waals surface area contributed by atoms with Crippen molar-refractivity contribution in [2.75, 3.05) is 31.6 Å². The quantitative estimate of drug-likeness (QED) is 0.672. The lowest BCUT2D eigenvalue weighted by Crippen LogP contribution is -2.47. The molecule has 168 valence electrons. The summed E-state index contributed by atoms with van der Waals surface area (Å²) in [4.78, 5) is 38.9. The SMILES string of the molecule is C[C@@H](C(=O)Nc1ccc(C(N)=O)cc1)N1CCC(C(=O)c2ccc3c(c2)OCCO3)CC1. The molecule has 0 radical (unpaired) electrons. The first-order valence-corrected chi connectivity index (χ1v) is 10.8. The van der Waals surface area contributed by atoms with E-state index < -0.39 is 5.91 Å². The van der Waals surface area contributed by atoms with Crippen LogP contribution in [-0.2, 0) is 4.79 Å². The van der Waals surface area contributed by atoms with E-state index in [2.05, 4.69) is 10.2 Å². The van der Waals surface area contributed by atoms with Gasteiger partial charge in [0.05, 0.1) is 6.04 Å². The number of primary amides is 1. The van der Waals surface area contributed by atoms with E-state index in [0.29, 0.717) is 67.5 Å². The van der Waals surface area contributed by atoms with Crippen LogP contribution in [0.3, 0.4) is 0 Å². The van der Waals surface area contributed by atoms with Gasteiger partial charge in [-0.2, -0.15) is 0 Å². The molecule has 3 N–H and O–H groups in total. The van der Waals surface area contributed by atoms with E-state index in [9.17, 15) is 14.4 Å². The third-order valence-electron chi connectivity index (χ3n) is 6.09. The summed E-state index contributed by atoms with van der Waals surface area (Å²) in [5, 5.41) is 2.87. The molecule has 2 heterocycles. The van der Waals surface area contributed by atoms with Gasteiger partial charge in [-0.05, 0) is 75.3 Å². The van der Waals surface area contributed by atoms with Crippen LogP contribution in [0.1, 0.15) is 40.5 Å². The molecule has 8 nitrogen and oxygen atoms in total. The Kier molecular flexibility index (Phi) is 6.41. The Hall–Kier alpha value is -3.39. The maximum absolute atomic E-state index is 13.0. The number of hydrogen-bond donors (Lipinski definition) is 2. The minimum atomic E-state index is -0.509. The molecule has 2 amide bonds. The van der Waals surface area contributed by atoms with E-state index in [0.717, 1.165) is 0 Å². The number of hydrogen-bond acceptors (Lipinski definition) is 6. The Bertz CT molecular complexity index is 1010. The van der Waals surface area contributed by atoms with Crippen LogP contribution in [0.25, 0.3) is 0 Å². The van der Waals surface area contributed by atoms with Crippen molar-refractivity contribution in [3.8, 4) is 11.5 Å². The fourth-order valence-corrected chi connectivity index (χ4v) is 4.11. The molecular formula is C24H27N3O5. The molecule has 1 fully saturated rings. The van der Waals surface area contributed by atoms with Crippen LogP contribution in [0.5, 0.6) is 11.5 Å². The first kappa shape index (κ1) is 21.8. The number of ether oxygens (including phenoxy) is 2. The summed E-state index contributed by atoms with van der Waals surface area (Å²) in [5.74, 6) is 0.678. The highest BCUT2D eigenvalue weighted by Crippen LogP contribution is 2.32. The first-order chi connectivity index (χ1) is 15.4. The average Bonchev–Trinajstić information content (AvgIpc) is 2.83. The lowest BCUT2D eigenvalue weighted by Gasteiger charge is -2.34. The highest BCUT2D eigenvalue weighted by Gasteiger charge is 2.30. The summed E-state index contributed by atoms with van der Waals surface area (Å²) in [6.45, 7) is 4.18. The topological polar surface area (TPSA) is 111 Å². The van der Waals surface area contributed by atoms with E-state index >= 15 is 0 Å². The predicted molar refractivity (Wildman–Crippen MR) is 119 cm³/mol. The van der Waals surface area contributed by atoms with Crippen LogP contribution in [0, 0.1) is 5.92 Å². The van der Waals surface area contributed by atoms with Gasteiger partial charge in [-0.3, -0.25) is 19.3 Å². The van der Waals surface area contributed by atoms with Crippen molar-refractivity contribution >= 4 is 23.3 Å². The Morgan fingerprint density at radius 3 is 2.25 bits per heavy atom. The van der Waals surface area contributed by atoms with Crippen molar-refractivity contribution in [3.63, 3.8) is 0 Å². The van der Waals surface area contributed by atoms with Gasteiger partial charge in [0, 0.05) is 22.7 Å². The lowest BCUT2D eigenvalue weighted by atomic mass is 9.88. The molecule has 8 heteroatoms. The number of amides is 2. The molecule has 0 unspecified atom stereocenters. The van der Waals surface area contributed by atoms with Crippen LogP contribution in [0.2, 0.25) is 0 Å². The van der Waals surface area contributed by atoms with Gasteiger partial charge in [-0.1, -0.05) is 0 Å². The summed E-state index contributed by atoms with van der Waals surface area (Å²) >= 11 is 0. The number of nitrogens with one attached hydrogen (secondary N) is 1. The van der Waals surface area contributed by atoms with E-state index in [1.165, 1.54) is 0 Å². The van der Waals surface area contributed by atoms with Crippen molar-refractivity contribution in [1.29, 1.82) is 0 Å². The Morgan fingerprint density at radius 2 is 1.59 bits per heavy atom. The molecule has 1 atom stereocenters. The number of Topliss-reactive ketones (excluding diaryl/α,β-unsaturated/α-hetero) is 1. The second-order valence-electron chi connectivity index (χ2n) is 8.14. The smallest absolute Gasteiger partial charge is 0.248 e. The standard InChI is InChI=1S/C24H27N3O5/c1-15(24(30)26-19-5-2-17(3-6-19)23(25)29)27-10-8-16(9-11-27)22(28)18-4-7-20-21(14-18)32-13-12-31-20/h2-7,14-16H,8-13H2,1H3,(H2,25,29)(H,26,30)/t15-/m0/s1. The molecule has 32 heavy (non-hydrogen) atoms. The Morgan fingerprint density at radius 1 is 0.969 bits per heavy atom. The van der Waals surface area contributed by atoms with Gasteiger partial charge in [0.25, 0.3) is 0 Å². The maximum Gasteiger partial charge on any atom is 0.248 e. The first-order valence-electron chi connectivity index (χ1n) is 10.8. The molecule has 0 spiro atoms. The lowest BCUT2D eigenvalue weighted by molar-refractivity contribution is -0.121. The second kappa shape index (κ2) is 9.40. The van der Waals surface area contributed by atoms with E-state index in [-0.39, 0.29) is 23.7 Å². The molecule has 0 bridgehead atoms. The molecule has 0 saturated carbocycles. The summed E-state index contributed by atoms with van der Waals surface area (Å²) in [6.07, 6.45) is 1.39. The highest BCUT2D eigenvalue weighted by molar-refractivity contribution is 5.99. The van der Waals surface area contributed by atoms with E-state index in [4.69, 9.17) is 15.2 Å². The minimum Gasteiger partial charge on any atom is -0.486 e. The van der Waals surface area contributed by atoms with Gasteiger partial charge in [-0.15, -0.1) is 0 Å². The summed E-state index contributed by atoms with van der Waals surface area (Å²) < 4.78 is 11.1. The molecular weight excluding hydrogens is 410 g/mol. The van der Waals surface area contributed by atoms with Crippen molar-refractivity contribution < 1.29 is 23.9 Å². The van der Waals surface area contributed by atoms with Gasteiger partial charge >= 0.3 is 0 Å². The second-order valence-corrected chi connectivity index (χ2v) is 8.14. The van der Waals surface area contributed by atoms with Gasteiger partial charge in [0.15, 0.2) is 17.3 Å². The summed E-state index contributed by atoms with van der Waals surface area (Å²) in [7, 11) is 0. The number of anilines is 1. The number of fused-ring (bicyclic) bond motifs is 1. The molecule has 2 aromatic carbocycles. The van der Waals surface area contributed by atoms with Crippen molar-refractivity contribution in [2.45, 2.75) is 25.8 Å². The minimum absolute atomic E-state index is 0.0783. The molecule has 2 aliphatic heterocycles. The fraction of sp³-hybridized carbons (Fsp3) is 0.375. The van der Waals surface area contributed by atoms with E-state index in [1.807, 2.05) is 6.92 Å². The zero-order valence-corrected chi connectivity index (χ0v) is 18.0. The normalized spacial score (nSPS) is 17.4. The number of nitrogens with two attached hydrogens (primary N) is 1. The molecule has 0 aromatic heterocycles. The molecule has 0 aliphatic carbocycles. The number of piperidine rings is 1. The predicted octanol–water partition coefficient (Wildman–Crippen LogP) is 2.48. The third kappa shape index (κ3) is 4.75. The Balaban J connectivity index is 1.31.